The molecule has 6 nitrogen and oxygen atoms in total. The maximum absolute atomic E-state index is 13.2. The molecule has 1 fully saturated rings. The highest BCUT2D eigenvalue weighted by molar-refractivity contribution is 6.11. The van der Waals surface area contributed by atoms with Gasteiger partial charge in [-0.15, -0.1) is 0 Å². The molecule has 0 aromatic heterocycles. The molecular weight excluding hydrogens is 340 g/mol. The van der Waals surface area contributed by atoms with Crippen molar-refractivity contribution in [2.24, 2.45) is 5.73 Å². The molecule has 0 radical (unpaired) electrons. The monoisotopic (exact) mass is 364 g/mol. The molecule has 0 spiro atoms. The molecule has 27 heavy (non-hydrogen) atoms. The largest absolute Gasteiger partial charge is 0.326 e. The molecule has 2 heterocycles. The van der Waals surface area contributed by atoms with Gasteiger partial charge in [-0.1, -0.05) is 42.5 Å². The Bertz CT molecular complexity index is 854. The minimum atomic E-state index is -0.344. The van der Waals surface area contributed by atoms with Crippen molar-refractivity contribution in [2.75, 3.05) is 29.9 Å². The lowest BCUT2D eigenvalue weighted by Gasteiger charge is -2.33. The van der Waals surface area contributed by atoms with E-state index in [1.54, 1.807) is 4.90 Å². The molecule has 0 aliphatic carbocycles. The first kappa shape index (κ1) is 17.7. The van der Waals surface area contributed by atoms with Crippen LogP contribution in [0.25, 0.3) is 0 Å². The highest BCUT2D eigenvalue weighted by Gasteiger charge is 2.38. The van der Waals surface area contributed by atoms with Gasteiger partial charge in [0.25, 0.3) is 0 Å². The van der Waals surface area contributed by atoms with E-state index in [1.165, 1.54) is 5.56 Å². The van der Waals surface area contributed by atoms with Gasteiger partial charge in [-0.2, -0.15) is 0 Å². The lowest BCUT2D eigenvalue weighted by atomic mass is 9.95. The normalized spacial score (nSPS) is 23.6. The van der Waals surface area contributed by atoms with Crippen molar-refractivity contribution in [3.63, 3.8) is 0 Å². The van der Waals surface area contributed by atoms with E-state index >= 15 is 0 Å². The van der Waals surface area contributed by atoms with Gasteiger partial charge in [-0.05, 0) is 24.6 Å². The summed E-state index contributed by atoms with van der Waals surface area (Å²) in [6.07, 6.45) is 0. The highest BCUT2D eigenvalue weighted by Crippen LogP contribution is 2.32. The van der Waals surface area contributed by atoms with E-state index in [9.17, 15) is 9.59 Å². The number of carbonyl (C=O) groups is 2. The fraction of sp³-hybridized carbons (Fsp3) is 0.333. The molecule has 0 saturated carbocycles. The van der Waals surface area contributed by atoms with Gasteiger partial charge in [0.2, 0.25) is 11.8 Å². The summed E-state index contributed by atoms with van der Waals surface area (Å²) in [7, 11) is 0. The number of rotatable bonds is 3. The molecular formula is C21H24N4O2. The van der Waals surface area contributed by atoms with Crippen LogP contribution in [0.4, 0.5) is 11.4 Å². The molecule has 0 bridgehead atoms. The van der Waals surface area contributed by atoms with Gasteiger partial charge in [-0.3, -0.25) is 19.4 Å². The number of para-hydroxylation sites is 2. The Labute approximate surface area is 158 Å². The molecule has 4 rings (SSSR count). The van der Waals surface area contributed by atoms with E-state index in [-0.39, 0.29) is 36.4 Å². The molecule has 2 amide bonds. The van der Waals surface area contributed by atoms with Crippen LogP contribution in [0.15, 0.2) is 54.6 Å². The summed E-state index contributed by atoms with van der Waals surface area (Å²) in [4.78, 5) is 29.0. The van der Waals surface area contributed by atoms with E-state index in [2.05, 4.69) is 22.3 Å². The second-order valence-corrected chi connectivity index (χ2v) is 7.30. The number of fused-ring (bicyclic) bond motifs is 1. The van der Waals surface area contributed by atoms with Crippen LogP contribution in [0.1, 0.15) is 18.4 Å². The Morgan fingerprint density at radius 1 is 1.11 bits per heavy atom. The maximum Gasteiger partial charge on any atom is 0.244 e. The van der Waals surface area contributed by atoms with Crippen LogP contribution in [0.2, 0.25) is 0 Å². The van der Waals surface area contributed by atoms with Crippen LogP contribution in [0, 0.1) is 0 Å². The van der Waals surface area contributed by atoms with Crippen molar-refractivity contribution in [3.8, 4) is 0 Å². The smallest absolute Gasteiger partial charge is 0.244 e. The third-order valence-corrected chi connectivity index (χ3v) is 5.56. The number of anilines is 2. The number of carbonyl (C=O) groups excluding carboxylic acids is 2. The average Bonchev–Trinajstić information content (AvgIpc) is 3.08. The number of likely N-dealkylation sites (tertiary alicyclic amines) is 1. The zero-order valence-corrected chi connectivity index (χ0v) is 15.3. The Morgan fingerprint density at radius 2 is 1.81 bits per heavy atom. The first-order valence-corrected chi connectivity index (χ1v) is 9.29. The summed E-state index contributed by atoms with van der Waals surface area (Å²) in [5.41, 5.74) is 9.01. The standard InChI is InChI=1S/C21H24N4O2/c1-14(24-11-16(17(22)12-24)15-7-3-2-4-8-15)21(27)25-13-20(26)23-18-9-5-6-10-19(18)25/h2-10,14,16-17H,11-13,22H2,1H3,(H,23,26)/t14?,16-,17+/m0/s1. The first-order chi connectivity index (χ1) is 13.0. The van der Waals surface area contributed by atoms with Crippen molar-refractivity contribution in [3.05, 3.63) is 60.2 Å². The summed E-state index contributed by atoms with van der Waals surface area (Å²) >= 11 is 0. The highest BCUT2D eigenvalue weighted by atomic mass is 16.2. The van der Waals surface area contributed by atoms with Crippen LogP contribution < -0.4 is 16.0 Å². The fourth-order valence-electron chi connectivity index (χ4n) is 4.04. The molecule has 2 aromatic rings. The lowest BCUT2D eigenvalue weighted by molar-refractivity contribution is -0.125. The van der Waals surface area contributed by atoms with Crippen molar-refractivity contribution in [2.45, 2.75) is 24.9 Å². The molecule has 6 heteroatoms. The van der Waals surface area contributed by atoms with Crippen LogP contribution in [0.3, 0.4) is 0 Å². The molecule has 1 unspecified atom stereocenters. The summed E-state index contributed by atoms with van der Waals surface area (Å²) < 4.78 is 0. The van der Waals surface area contributed by atoms with Crippen molar-refractivity contribution in [1.82, 2.24) is 4.90 Å². The van der Waals surface area contributed by atoms with E-state index in [1.807, 2.05) is 49.4 Å². The van der Waals surface area contributed by atoms with Crippen LogP contribution >= 0.6 is 0 Å². The van der Waals surface area contributed by atoms with E-state index in [0.29, 0.717) is 12.2 Å². The summed E-state index contributed by atoms with van der Waals surface area (Å²) in [5.74, 6) is -0.0360. The lowest BCUT2D eigenvalue weighted by Crippen LogP contribution is -2.51. The van der Waals surface area contributed by atoms with Crippen LogP contribution in [-0.2, 0) is 9.59 Å². The quantitative estimate of drug-likeness (QED) is 0.870. The Hall–Kier alpha value is -2.70. The van der Waals surface area contributed by atoms with Crippen LogP contribution in [0.5, 0.6) is 0 Å². The molecule has 2 aromatic carbocycles. The zero-order valence-electron chi connectivity index (χ0n) is 15.3. The number of nitrogens with two attached hydrogens (primary N) is 1. The van der Waals surface area contributed by atoms with Gasteiger partial charge in [0, 0.05) is 25.0 Å². The summed E-state index contributed by atoms with van der Waals surface area (Å²) in [6, 6.07) is 17.2. The third-order valence-electron chi connectivity index (χ3n) is 5.56. The van der Waals surface area contributed by atoms with Gasteiger partial charge in [-0.25, -0.2) is 0 Å². The second-order valence-electron chi connectivity index (χ2n) is 7.30. The minimum absolute atomic E-state index is 0.0143. The molecule has 2 aliphatic rings. The number of nitrogens with one attached hydrogen (secondary N) is 1. The predicted octanol–water partition coefficient (Wildman–Crippen LogP) is 1.79. The fourth-order valence-corrected chi connectivity index (χ4v) is 4.04. The van der Waals surface area contributed by atoms with Crippen molar-refractivity contribution < 1.29 is 9.59 Å². The number of benzene rings is 2. The van der Waals surface area contributed by atoms with Gasteiger partial charge >= 0.3 is 0 Å². The number of nitrogens with zero attached hydrogens (tertiary/aromatic N) is 2. The summed E-state index contributed by atoms with van der Waals surface area (Å²) in [5, 5.41) is 2.82. The summed E-state index contributed by atoms with van der Waals surface area (Å²) in [6.45, 7) is 3.34. The molecule has 1 saturated heterocycles. The SMILES string of the molecule is CC(C(=O)N1CC(=O)Nc2ccccc21)N1C[C@@H](N)[C@H](c2ccccc2)C1. The van der Waals surface area contributed by atoms with Gasteiger partial charge < -0.3 is 11.1 Å². The van der Waals surface area contributed by atoms with Crippen molar-refractivity contribution in [1.29, 1.82) is 0 Å². The second kappa shape index (κ2) is 7.13. The third kappa shape index (κ3) is 3.34. The zero-order chi connectivity index (χ0) is 19.0. The Morgan fingerprint density at radius 3 is 2.59 bits per heavy atom. The maximum atomic E-state index is 13.2. The van der Waals surface area contributed by atoms with Gasteiger partial charge in [0.15, 0.2) is 0 Å². The van der Waals surface area contributed by atoms with Gasteiger partial charge in [0.1, 0.15) is 6.54 Å². The predicted molar refractivity (Wildman–Crippen MR) is 106 cm³/mol. The molecule has 140 valence electrons. The minimum Gasteiger partial charge on any atom is -0.326 e. The number of hydrogen-bond acceptors (Lipinski definition) is 4. The van der Waals surface area contributed by atoms with E-state index in [4.69, 9.17) is 5.73 Å². The average molecular weight is 364 g/mol. The first-order valence-electron chi connectivity index (χ1n) is 9.29. The Balaban J connectivity index is 1.53. The van der Waals surface area contributed by atoms with Gasteiger partial charge in [0.05, 0.1) is 17.4 Å². The topological polar surface area (TPSA) is 78.7 Å². The van der Waals surface area contributed by atoms with Crippen LogP contribution in [-0.4, -0.2) is 48.4 Å². The molecule has 3 atom stereocenters. The number of hydrogen-bond donors (Lipinski definition) is 2. The Kier molecular flexibility index (Phi) is 4.68. The molecule has 2 aliphatic heterocycles. The molecule has 3 N–H and O–H groups in total. The number of amides is 2. The van der Waals surface area contributed by atoms with E-state index < -0.39 is 0 Å². The van der Waals surface area contributed by atoms with Crippen molar-refractivity contribution >= 4 is 23.2 Å². The van der Waals surface area contributed by atoms with E-state index in [0.717, 1.165) is 12.2 Å².